The second-order valence-electron chi connectivity index (χ2n) is 6.33. The van der Waals surface area contributed by atoms with Crippen molar-refractivity contribution in [3.63, 3.8) is 0 Å². The molecule has 0 aliphatic heterocycles. The highest BCUT2D eigenvalue weighted by molar-refractivity contribution is 7.13. The lowest BCUT2D eigenvalue weighted by molar-refractivity contribution is 0.630. The van der Waals surface area contributed by atoms with E-state index in [0.717, 1.165) is 32.8 Å². The molecule has 2 aromatic heterocycles. The van der Waals surface area contributed by atoms with Gasteiger partial charge in [0.1, 0.15) is 10.7 Å². The first-order valence-corrected chi connectivity index (χ1v) is 10.3. The summed E-state index contributed by atoms with van der Waals surface area (Å²) in [5.74, 6) is 0.712. The predicted molar refractivity (Wildman–Crippen MR) is 118 cm³/mol. The fourth-order valence-corrected chi connectivity index (χ4v) is 4.41. The number of thiazole rings is 1. The summed E-state index contributed by atoms with van der Waals surface area (Å²) in [5.41, 5.74) is 4.52. The van der Waals surface area contributed by atoms with Crippen LogP contribution in [0.15, 0.2) is 82.6 Å². The van der Waals surface area contributed by atoms with Gasteiger partial charge in [-0.25, -0.2) is 4.98 Å². The molecule has 0 saturated heterocycles. The quantitative estimate of drug-likeness (QED) is 0.293. The van der Waals surface area contributed by atoms with Crippen LogP contribution in [0.1, 0.15) is 0 Å². The summed E-state index contributed by atoms with van der Waals surface area (Å²) >= 11 is 14.1. The van der Waals surface area contributed by atoms with Crippen molar-refractivity contribution >= 4 is 45.5 Å². The van der Waals surface area contributed by atoms with Crippen molar-refractivity contribution in [1.82, 2.24) is 4.98 Å². The highest BCUT2D eigenvalue weighted by Crippen LogP contribution is 2.43. The minimum Gasteiger partial charge on any atom is -0.452 e. The Balaban J connectivity index is 1.73. The molecular weight excluding hydrogens is 409 g/mol. The van der Waals surface area contributed by atoms with E-state index in [1.165, 1.54) is 0 Å². The van der Waals surface area contributed by atoms with Gasteiger partial charge in [-0.2, -0.15) is 0 Å². The highest BCUT2D eigenvalue weighted by Gasteiger charge is 2.21. The van der Waals surface area contributed by atoms with Gasteiger partial charge in [-0.1, -0.05) is 77.8 Å². The van der Waals surface area contributed by atoms with Crippen LogP contribution >= 0.6 is 34.5 Å². The van der Waals surface area contributed by atoms with E-state index in [9.17, 15) is 0 Å². The lowest BCUT2D eigenvalue weighted by atomic mass is 10.0. The topological polar surface area (TPSA) is 26.0 Å². The van der Waals surface area contributed by atoms with Crippen molar-refractivity contribution < 1.29 is 4.42 Å². The summed E-state index contributed by atoms with van der Waals surface area (Å²) in [6.07, 6.45) is 0. The van der Waals surface area contributed by atoms with Crippen molar-refractivity contribution in [1.29, 1.82) is 0 Å². The van der Waals surface area contributed by atoms with Crippen LogP contribution in [0.3, 0.4) is 0 Å². The zero-order chi connectivity index (χ0) is 19.1. The summed E-state index contributed by atoms with van der Waals surface area (Å²) in [5, 5.41) is 5.20. The van der Waals surface area contributed by atoms with Crippen LogP contribution in [0.25, 0.3) is 44.1 Å². The van der Waals surface area contributed by atoms with Crippen LogP contribution in [-0.4, -0.2) is 4.98 Å². The van der Waals surface area contributed by atoms with Gasteiger partial charge in [0.2, 0.25) is 0 Å². The fourth-order valence-electron chi connectivity index (χ4n) is 3.26. The van der Waals surface area contributed by atoms with E-state index >= 15 is 0 Å². The van der Waals surface area contributed by atoms with Gasteiger partial charge in [0.05, 0.1) is 5.02 Å². The number of benzene rings is 3. The molecule has 0 N–H and O–H groups in total. The first-order chi connectivity index (χ1) is 13.7. The molecule has 0 saturated carbocycles. The van der Waals surface area contributed by atoms with Crippen LogP contribution in [0.2, 0.25) is 10.0 Å². The van der Waals surface area contributed by atoms with Crippen LogP contribution in [-0.2, 0) is 0 Å². The number of halogens is 2. The molecule has 0 unspecified atom stereocenters. The molecule has 0 fully saturated rings. The summed E-state index contributed by atoms with van der Waals surface area (Å²) in [6.45, 7) is 0. The maximum atomic E-state index is 6.41. The van der Waals surface area contributed by atoms with Gasteiger partial charge >= 0.3 is 0 Å². The Morgan fingerprint density at radius 3 is 2.36 bits per heavy atom. The lowest BCUT2D eigenvalue weighted by Crippen LogP contribution is -1.82. The largest absolute Gasteiger partial charge is 0.452 e. The van der Waals surface area contributed by atoms with Gasteiger partial charge in [0.15, 0.2) is 11.3 Å². The second kappa shape index (κ2) is 7.10. The van der Waals surface area contributed by atoms with Gasteiger partial charge in [-0.3, -0.25) is 0 Å². The third kappa shape index (κ3) is 3.02. The minimum absolute atomic E-state index is 0.581. The zero-order valence-corrected chi connectivity index (χ0v) is 16.9. The summed E-state index contributed by atoms with van der Waals surface area (Å²) < 4.78 is 6.23. The average Bonchev–Trinajstić information content (AvgIpc) is 3.35. The lowest BCUT2D eigenvalue weighted by Gasteiger charge is -2.02. The molecule has 5 aromatic rings. The summed E-state index contributed by atoms with van der Waals surface area (Å²) in [4.78, 5) is 4.84. The first kappa shape index (κ1) is 17.5. The molecule has 0 bridgehead atoms. The van der Waals surface area contributed by atoms with Gasteiger partial charge in [0, 0.05) is 26.9 Å². The molecule has 2 nitrogen and oxygen atoms in total. The number of fused-ring (bicyclic) bond motifs is 1. The maximum absolute atomic E-state index is 6.41. The Labute approximate surface area is 176 Å². The van der Waals surface area contributed by atoms with Crippen LogP contribution in [0.5, 0.6) is 0 Å². The van der Waals surface area contributed by atoms with E-state index in [1.54, 1.807) is 11.3 Å². The fraction of sp³-hybridized carbons (Fsp3) is 0. The predicted octanol–water partition coefficient (Wildman–Crippen LogP) is 8.20. The molecule has 0 amide bonds. The monoisotopic (exact) mass is 421 g/mol. The third-order valence-electron chi connectivity index (χ3n) is 4.56. The molecule has 5 heteroatoms. The second-order valence-corrected chi connectivity index (χ2v) is 8.04. The number of aromatic nitrogens is 1. The molecule has 0 atom stereocenters. The molecule has 0 spiro atoms. The van der Waals surface area contributed by atoms with E-state index in [1.807, 2.05) is 66.0 Å². The highest BCUT2D eigenvalue weighted by atomic mass is 35.5. The van der Waals surface area contributed by atoms with Crippen molar-refractivity contribution in [3.05, 3.63) is 88.2 Å². The SMILES string of the molecule is Clc1ccc(-c2c(-c3csc(-c4ccccc4)n3)oc3c(Cl)cccc23)cc1. The standard InChI is InChI=1S/C23H13Cl2NOS/c24-16-11-9-14(10-12-16)20-17-7-4-8-18(25)21(17)27-22(20)19-13-28-23(26-19)15-5-2-1-3-6-15/h1-13H. The molecule has 0 aliphatic rings. The number of para-hydroxylation sites is 1. The Bertz CT molecular complexity index is 1270. The van der Waals surface area contributed by atoms with E-state index in [0.29, 0.717) is 21.4 Å². The van der Waals surface area contributed by atoms with Gasteiger partial charge in [-0.05, 0) is 23.8 Å². The normalized spacial score (nSPS) is 11.2. The van der Waals surface area contributed by atoms with Gasteiger partial charge in [-0.15, -0.1) is 11.3 Å². The molecule has 28 heavy (non-hydrogen) atoms. The number of hydrogen-bond acceptors (Lipinski definition) is 3. The molecule has 0 aliphatic carbocycles. The first-order valence-electron chi connectivity index (χ1n) is 8.69. The Morgan fingerprint density at radius 1 is 0.786 bits per heavy atom. The molecule has 136 valence electrons. The van der Waals surface area contributed by atoms with E-state index in [4.69, 9.17) is 32.6 Å². The molecule has 5 rings (SSSR count). The summed E-state index contributed by atoms with van der Waals surface area (Å²) in [7, 11) is 0. The number of furan rings is 1. The number of rotatable bonds is 3. The molecule has 3 aromatic carbocycles. The Kier molecular flexibility index (Phi) is 4.44. The van der Waals surface area contributed by atoms with Gasteiger partial charge < -0.3 is 4.42 Å². The van der Waals surface area contributed by atoms with Crippen LogP contribution in [0, 0.1) is 0 Å². The zero-order valence-electron chi connectivity index (χ0n) is 14.5. The molecule has 0 radical (unpaired) electrons. The van der Waals surface area contributed by atoms with Crippen LogP contribution in [0.4, 0.5) is 0 Å². The van der Waals surface area contributed by atoms with Crippen molar-refractivity contribution in [2.45, 2.75) is 0 Å². The summed E-state index contributed by atoms with van der Waals surface area (Å²) in [6, 6.07) is 23.6. The van der Waals surface area contributed by atoms with E-state index < -0.39 is 0 Å². The Morgan fingerprint density at radius 2 is 1.57 bits per heavy atom. The van der Waals surface area contributed by atoms with Crippen molar-refractivity contribution in [2.24, 2.45) is 0 Å². The van der Waals surface area contributed by atoms with E-state index in [2.05, 4.69) is 12.1 Å². The number of hydrogen-bond donors (Lipinski definition) is 0. The smallest absolute Gasteiger partial charge is 0.162 e. The maximum Gasteiger partial charge on any atom is 0.162 e. The van der Waals surface area contributed by atoms with Crippen molar-refractivity contribution in [2.75, 3.05) is 0 Å². The third-order valence-corrected chi connectivity index (χ3v) is 6.00. The van der Waals surface area contributed by atoms with Crippen molar-refractivity contribution in [3.8, 4) is 33.2 Å². The van der Waals surface area contributed by atoms with E-state index in [-0.39, 0.29) is 0 Å². The molecular formula is C23H13Cl2NOS. The van der Waals surface area contributed by atoms with Crippen LogP contribution < -0.4 is 0 Å². The molecule has 2 heterocycles. The van der Waals surface area contributed by atoms with Gasteiger partial charge in [0.25, 0.3) is 0 Å². The Hall–Kier alpha value is -2.59. The number of nitrogens with zero attached hydrogens (tertiary/aromatic N) is 1. The minimum atomic E-state index is 0.581. The average molecular weight is 422 g/mol.